The van der Waals surface area contributed by atoms with Crippen molar-refractivity contribution in [1.29, 1.82) is 0 Å². The van der Waals surface area contributed by atoms with Crippen LogP contribution in [0.2, 0.25) is 0 Å². The quantitative estimate of drug-likeness (QED) is 0.779. The van der Waals surface area contributed by atoms with Crippen LogP contribution in [-0.2, 0) is 22.6 Å². The molecule has 0 saturated carbocycles. The second-order valence-corrected chi connectivity index (χ2v) is 4.16. The van der Waals surface area contributed by atoms with Crippen molar-refractivity contribution in [3.63, 3.8) is 0 Å². The first-order chi connectivity index (χ1) is 8.11. The smallest absolute Gasteiger partial charge is 0.246 e. The van der Waals surface area contributed by atoms with E-state index in [2.05, 4.69) is 5.32 Å². The van der Waals surface area contributed by atoms with Crippen molar-refractivity contribution in [2.24, 2.45) is 5.73 Å². The number of nitrogens with one attached hydrogen (secondary N) is 1. The average molecular weight is 236 g/mol. The van der Waals surface area contributed by atoms with E-state index >= 15 is 0 Å². The minimum absolute atomic E-state index is 0.0737. The highest BCUT2D eigenvalue weighted by Gasteiger charge is 2.02. The van der Waals surface area contributed by atoms with Crippen molar-refractivity contribution in [3.8, 4) is 0 Å². The lowest BCUT2D eigenvalue weighted by atomic mass is 10.1. The maximum Gasteiger partial charge on any atom is 0.246 e. The summed E-state index contributed by atoms with van der Waals surface area (Å²) in [5.74, 6) is -0.0957. The molecule has 0 unspecified atom stereocenters. The summed E-state index contributed by atoms with van der Waals surface area (Å²) >= 11 is 0. The number of ether oxygens (including phenoxy) is 1. The maximum absolute atomic E-state index is 11.4. The van der Waals surface area contributed by atoms with Gasteiger partial charge in [0.25, 0.3) is 0 Å². The third kappa shape index (κ3) is 5.47. The second-order valence-electron chi connectivity index (χ2n) is 4.16. The molecule has 4 heteroatoms. The van der Waals surface area contributed by atoms with Gasteiger partial charge in [-0.05, 0) is 25.0 Å². The maximum atomic E-state index is 11.4. The van der Waals surface area contributed by atoms with Gasteiger partial charge in [-0.1, -0.05) is 24.3 Å². The number of rotatable bonds is 6. The normalized spacial score (nSPS) is 10.6. The van der Waals surface area contributed by atoms with Crippen LogP contribution in [0, 0.1) is 0 Å². The summed E-state index contributed by atoms with van der Waals surface area (Å²) in [6, 6.07) is 7.86. The highest BCUT2D eigenvalue weighted by atomic mass is 16.5. The van der Waals surface area contributed by atoms with Gasteiger partial charge in [0.1, 0.15) is 6.61 Å². The molecular formula is C13H20N2O2. The summed E-state index contributed by atoms with van der Waals surface area (Å²) < 4.78 is 5.20. The fraction of sp³-hybridized carbons (Fsp3) is 0.462. The van der Waals surface area contributed by atoms with E-state index in [1.54, 1.807) is 0 Å². The summed E-state index contributed by atoms with van der Waals surface area (Å²) in [7, 11) is 0. The molecule has 0 fully saturated rings. The zero-order chi connectivity index (χ0) is 12.7. The largest absolute Gasteiger partial charge is 0.369 e. The van der Waals surface area contributed by atoms with Crippen LogP contribution in [-0.4, -0.2) is 18.6 Å². The Kier molecular flexibility index (Phi) is 5.66. The van der Waals surface area contributed by atoms with Gasteiger partial charge in [0, 0.05) is 13.1 Å². The number of carbonyl (C=O) groups is 1. The Bertz CT molecular complexity index is 347. The lowest BCUT2D eigenvalue weighted by molar-refractivity contribution is -0.127. The van der Waals surface area contributed by atoms with Crippen molar-refractivity contribution in [3.05, 3.63) is 35.4 Å². The number of hydrogen-bond donors (Lipinski definition) is 2. The minimum atomic E-state index is -0.0957. The Morgan fingerprint density at radius 3 is 2.41 bits per heavy atom. The van der Waals surface area contributed by atoms with Gasteiger partial charge in [-0.15, -0.1) is 0 Å². The fourth-order valence-electron chi connectivity index (χ4n) is 1.29. The number of carbonyl (C=O) groups excluding carboxylic acids is 1. The molecule has 0 atom stereocenters. The molecule has 17 heavy (non-hydrogen) atoms. The minimum Gasteiger partial charge on any atom is -0.369 e. The first-order valence-electron chi connectivity index (χ1n) is 5.78. The summed E-state index contributed by atoms with van der Waals surface area (Å²) in [5.41, 5.74) is 7.65. The molecule has 3 N–H and O–H groups in total. The van der Waals surface area contributed by atoms with Gasteiger partial charge < -0.3 is 15.8 Å². The van der Waals surface area contributed by atoms with Crippen molar-refractivity contribution in [2.75, 3.05) is 6.61 Å². The second kappa shape index (κ2) is 7.04. The molecule has 0 heterocycles. The SMILES string of the molecule is CC(C)OCC(=O)NCc1ccc(CN)cc1. The van der Waals surface area contributed by atoms with Crippen LogP contribution < -0.4 is 11.1 Å². The summed E-state index contributed by atoms with van der Waals surface area (Å²) in [5, 5.41) is 2.80. The Hall–Kier alpha value is -1.39. The Morgan fingerprint density at radius 1 is 1.29 bits per heavy atom. The molecule has 1 amide bonds. The fourth-order valence-corrected chi connectivity index (χ4v) is 1.29. The molecule has 1 rings (SSSR count). The number of nitrogens with two attached hydrogens (primary N) is 1. The van der Waals surface area contributed by atoms with E-state index in [0.717, 1.165) is 11.1 Å². The highest BCUT2D eigenvalue weighted by molar-refractivity contribution is 5.77. The van der Waals surface area contributed by atoms with Gasteiger partial charge in [-0.3, -0.25) is 4.79 Å². The van der Waals surface area contributed by atoms with Gasteiger partial charge >= 0.3 is 0 Å². The molecular weight excluding hydrogens is 216 g/mol. The third-order valence-electron chi connectivity index (χ3n) is 2.30. The van der Waals surface area contributed by atoms with Gasteiger partial charge in [-0.2, -0.15) is 0 Å². The Morgan fingerprint density at radius 2 is 1.88 bits per heavy atom. The number of amides is 1. The molecule has 4 nitrogen and oxygen atoms in total. The van der Waals surface area contributed by atoms with Crippen molar-refractivity contribution in [1.82, 2.24) is 5.32 Å². The van der Waals surface area contributed by atoms with Crippen LogP contribution in [0.3, 0.4) is 0 Å². The van der Waals surface area contributed by atoms with Crippen LogP contribution >= 0.6 is 0 Å². The summed E-state index contributed by atoms with van der Waals surface area (Å²) in [6.07, 6.45) is 0.0737. The van der Waals surface area contributed by atoms with Gasteiger partial charge in [0.15, 0.2) is 0 Å². The van der Waals surface area contributed by atoms with Crippen LogP contribution in [0.1, 0.15) is 25.0 Å². The lowest BCUT2D eigenvalue weighted by Crippen LogP contribution is -2.28. The molecule has 0 aromatic heterocycles. The monoisotopic (exact) mass is 236 g/mol. The Balaban J connectivity index is 2.31. The van der Waals surface area contributed by atoms with Crippen molar-refractivity contribution < 1.29 is 9.53 Å². The van der Waals surface area contributed by atoms with E-state index in [9.17, 15) is 4.79 Å². The average Bonchev–Trinajstić information content (AvgIpc) is 2.34. The first-order valence-corrected chi connectivity index (χ1v) is 5.78. The van der Waals surface area contributed by atoms with Crippen LogP contribution in [0.15, 0.2) is 24.3 Å². The molecule has 1 aromatic rings. The van der Waals surface area contributed by atoms with Crippen molar-refractivity contribution >= 4 is 5.91 Å². The number of hydrogen-bond acceptors (Lipinski definition) is 3. The third-order valence-corrected chi connectivity index (χ3v) is 2.30. The predicted molar refractivity (Wildman–Crippen MR) is 67.3 cm³/mol. The van der Waals surface area contributed by atoms with E-state index in [1.165, 1.54) is 0 Å². The molecule has 0 radical (unpaired) electrons. The lowest BCUT2D eigenvalue weighted by Gasteiger charge is -2.08. The van der Waals surface area contributed by atoms with Gasteiger partial charge in [-0.25, -0.2) is 0 Å². The standard InChI is InChI=1S/C13H20N2O2/c1-10(2)17-9-13(16)15-8-12-5-3-11(7-14)4-6-12/h3-6,10H,7-9,14H2,1-2H3,(H,15,16). The molecule has 0 aliphatic carbocycles. The van der Waals surface area contributed by atoms with Crippen LogP contribution in [0.25, 0.3) is 0 Å². The van der Waals surface area contributed by atoms with Crippen molar-refractivity contribution in [2.45, 2.75) is 33.0 Å². The molecule has 0 aliphatic heterocycles. The molecule has 0 aliphatic rings. The molecule has 0 spiro atoms. The molecule has 0 bridgehead atoms. The van der Waals surface area contributed by atoms with E-state index < -0.39 is 0 Å². The van der Waals surface area contributed by atoms with Crippen LogP contribution in [0.5, 0.6) is 0 Å². The topological polar surface area (TPSA) is 64.3 Å². The van der Waals surface area contributed by atoms with Crippen LogP contribution in [0.4, 0.5) is 0 Å². The van der Waals surface area contributed by atoms with E-state index in [4.69, 9.17) is 10.5 Å². The first kappa shape index (κ1) is 13.7. The summed E-state index contributed by atoms with van der Waals surface area (Å²) in [4.78, 5) is 11.4. The van der Waals surface area contributed by atoms with E-state index in [-0.39, 0.29) is 18.6 Å². The zero-order valence-electron chi connectivity index (χ0n) is 10.4. The predicted octanol–water partition coefficient (Wildman–Crippen LogP) is 1.19. The summed E-state index contributed by atoms with van der Waals surface area (Å²) in [6.45, 7) is 4.97. The van der Waals surface area contributed by atoms with Gasteiger partial charge in [0.2, 0.25) is 5.91 Å². The van der Waals surface area contributed by atoms with E-state index in [0.29, 0.717) is 13.1 Å². The molecule has 1 aromatic carbocycles. The highest BCUT2D eigenvalue weighted by Crippen LogP contribution is 2.03. The number of benzene rings is 1. The Labute approximate surface area is 102 Å². The zero-order valence-corrected chi connectivity index (χ0v) is 10.4. The molecule has 94 valence electrons. The van der Waals surface area contributed by atoms with E-state index in [1.807, 2.05) is 38.1 Å². The molecule has 0 saturated heterocycles. The van der Waals surface area contributed by atoms with Gasteiger partial charge in [0.05, 0.1) is 6.10 Å².